The molecular formula is C9H16. The summed E-state index contributed by atoms with van der Waals surface area (Å²) in [5.41, 5.74) is 1.54. The molecule has 2 fully saturated rings. The molecule has 2 aliphatic rings. The number of hydrogen-bond acceptors (Lipinski definition) is 0. The van der Waals surface area contributed by atoms with E-state index >= 15 is 0 Å². The van der Waals surface area contributed by atoms with E-state index in [9.17, 15) is 0 Å². The fourth-order valence-electron chi connectivity index (χ4n) is 2.70. The largest absolute Gasteiger partial charge is 0.0591 e. The van der Waals surface area contributed by atoms with Crippen LogP contribution < -0.4 is 0 Å². The predicted molar refractivity (Wildman–Crippen MR) is 39.3 cm³/mol. The molecule has 52 valence electrons. The molecular weight excluding hydrogens is 108 g/mol. The molecule has 2 saturated carbocycles. The zero-order valence-corrected chi connectivity index (χ0v) is 6.54. The second-order valence-corrected chi connectivity index (χ2v) is 4.47. The lowest BCUT2D eigenvalue weighted by Crippen LogP contribution is -2.42. The fraction of sp³-hybridized carbons (Fsp3) is 1.00. The highest BCUT2D eigenvalue weighted by atomic mass is 14.6. The molecule has 0 N–H and O–H groups in total. The normalized spacial score (nSPS) is 56.7. The Labute approximate surface area is 57.6 Å². The van der Waals surface area contributed by atoms with Gasteiger partial charge in [0.15, 0.2) is 0 Å². The van der Waals surface area contributed by atoms with Crippen LogP contribution in [0.3, 0.4) is 0 Å². The van der Waals surface area contributed by atoms with E-state index in [1.54, 1.807) is 0 Å². The first-order valence-electron chi connectivity index (χ1n) is 4.16. The Hall–Kier alpha value is 0. The summed E-state index contributed by atoms with van der Waals surface area (Å²) in [7, 11) is 0. The van der Waals surface area contributed by atoms with Crippen LogP contribution >= 0.6 is 0 Å². The molecule has 0 heterocycles. The maximum Gasteiger partial charge on any atom is -0.0272 e. The SMILES string of the molecule is CC12CCCC1(C)CC2. The molecule has 0 radical (unpaired) electrons. The second-order valence-electron chi connectivity index (χ2n) is 4.47. The molecule has 9 heavy (non-hydrogen) atoms. The summed E-state index contributed by atoms with van der Waals surface area (Å²) in [6, 6.07) is 0. The molecule has 0 aromatic rings. The van der Waals surface area contributed by atoms with Crippen LogP contribution in [-0.4, -0.2) is 0 Å². The summed E-state index contributed by atoms with van der Waals surface area (Å²) in [5, 5.41) is 0. The first-order valence-corrected chi connectivity index (χ1v) is 4.16. The van der Waals surface area contributed by atoms with Crippen molar-refractivity contribution in [3.63, 3.8) is 0 Å². The number of rotatable bonds is 0. The van der Waals surface area contributed by atoms with E-state index in [2.05, 4.69) is 13.8 Å². The average molecular weight is 124 g/mol. The van der Waals surface area contributed by atoms with Gasteiger partial charge in [0.25, 0.3) is 0 Å². The third-order valence-electron chi connectivity index (χ3n) is 4.14. The van der Waals surface area contributed by atoms with Crippen molar-refractivity contribution in [1.82, 2.24) is 0 Å². The highest BCUT2D eigenvalue weighted by Crippen LogP contribution is 2.65. The zero-order chi connectivity index (χ0) is 6.54. The van der Waals surface area contributed by atoms with Gasteiger partial charge in [-0.2, -0.15) is 0 Å². The molecule has 2 atom stereocenters. The van der Waals surface area contributed by atoms with Gasteiger partial charge in [0.1, 0.15) is 0 Å². The van der Waals surface area contributed by atoms with Gasteiger partial charge in [-0.3, -0.25) is 0 Å². The minimum absolute atomic E-state index is 0.771. The van der Waals surface area contributed by atoms with Crippen LogP contribution in [0.15, 0.2) is 0 Å². The van der Waals surface area contributed by atoms with Crippen LogP contribution in [0.5, 0.6) is 0 Å². The van der Waals surface area contributed by atoms with Crippen LogP contribution in [0.4, 0.5) is 0 Å². The lowest BCUT2D eigenvalue weighted by atomic mass is 9.53. The lowest BCUT2D eigenvalue weighted by molar-refractivity contribution is -0.0164. The van der Waals surface area contributed by atoms with E-state index < -0.39 is 0 Å². The van der Waals surface area contributed by atoms with E-state index in [0.717, 1.165) is 10.8 Å². The highest BCUT2D eigenvalue weighted by molar-refractivity contribution is 5.05. The summed E-state index contributed by atoms with van der Waals surface area (Å²) < 4.78 is 0. The van der Waals surface area contributed by atoms with Crippen LogP contribution in [0.25, 0.3) is 0 Å². The van der Waals surface area contributed by atoms with Crippen molar-refractivity contribution in [2.45, 2.75) is 46.0 Å². The van der Waals surface area contributed by atoms with Crippen LogP contribution in [-0.2, 0) is 0 Å². The summed E-state index contributed by atoms with van der Waals surface area (Å²) in [5.74, 6) is 0. The summed E-state index contributed by atoms with van der Waals surface area (Å²) in [4.78, 5) is 0. The molecule has 0 amide bonds. The van der Waals surface area contributed by atoms with E-state index in [1.807, 2.05) is 0 Å². The molecule has 2 unspecified atom stereocenters. The third kappa shape index (κ3) is 0.500. The topological polar surface area (TPSA) is 0 Å². The molecule has 0 saturated heterocycles. The van der Waals surface area contributed by atoms with Crippen LogP contribution in [0.2, 0.25) is 0 Å². The first-order chi connectivity index (χ1) is 4.16. The van der Waals surface area contributed by atoms with Gasteiger partial charge in [-0.25, -0.2) is 0 Å². The van der Waals surface area contributed by atoms with Crippen molar-refractivity contribution >= 4 is 0 Å². The summed E-state index contributed by atoms with van der Waals surface area (Å²) in [6.45, 7) is 4.95. The Bertz CT molecular complexity index is 123. The van der Waals surface area contributed by atoms with E-state index in [-0.39, 0.29) is 0 Å². The van der Waals surface area contributed by atoms with Crippen LogP contribution in [0.1, 0.15) is 46.0 Å². The van der Waals surface area contributed by atoms with Gasteiger partial charge in [-0.15, -0.1) is 0 Å². The Kier molecular flexibility index (Phi) is 0.868. The van der Waals surface area contributed by atoms with Gasteiger partial charge in [-0.05, 0) is 36.5 Å². The van der Waals surface area contributed by atoms with Crippen molar-refractivity contribution in [1.29, 1.82) is 0 Å². The molecule has 0 aromatic heterocycles. The van der Waals surface area contributed by atoms with E-state index in [1.165, 1.54) is 32.1 Å². The van der Waals surface area contributed by atoms with Gasteiger partial charge in [-0.1, -0.05) is 20.3 Å². The third-order valence-corrected chi connectivity index (χ3v) is 4.14. The molecule has 0 bridgehead atoms. The van der Waals surface area contributed by atoms with E-state index in [4.69, 9.17) is 0 Å². The molecule has 0 aliphatic heterocycles. The van der Waals surface area contributed by atoms with Gasteiger partial charge < -0.3 is 0 Å². The standard InChI is InChI=1S/C9H16/c1-8-4-3-5-9(8,2)7-6-8/h3-7H2,1-2H3. The molecule has 0 nitrogen and oxygen atoms in total. The van der Waals surface area contributed by atoms with Gasteiger partial charge in [0.2, 0.25) is 0 Å². The lowest BCUT2D eigenvalue weighted by Gasteiger charge is -2.52. The molecule has 2 aliphatic carbocycles. The van der Waals surface area contributed by atoms with Gasteiger partial charge in [0, 0.05) is 0 Å². The fourth-order valence-corrected chi connectivity index (χ4v) is 2.70. The maximum absolute atomic E-state index is 2.48. The number of fused-ring (bicyclic) bond motifs is 1. The Balaban J connectivity index is 2.26. The predicted octanol–water partition coefficient (Wildman–Crippen LogP) is 2.98. The van der Waals surface area contributed by atoms with Gasteiger partial charge >= 0.3 is 0 Å². The monoisotopic (exact) mass is 124 g/mol. The molecule has 0 heteroatoms. The Morgan fingerprint density at radius 2 is 1.22 bits per heavy atom. The quantitative estimate of drug-likeness (QED) is 0.465. The van der Waals surface area contributed by atoms with Crippen molar-refractivity contribution < 1.29 is 0 Å². The van der Waals surface area contributed by atoms with Gasteiger partial charge in [0.05, 0.1) is 0 Å². The second kappa shape index (κ2) is 1.36. The number of hydrogen-bond donors (Lipinski definition) is 0. The Morgan fingerprint density at radius 1 is 0.778 bits per heavy atom. The van der Waals surface area contributed by atoms with Crippen molar-refractivity contribution in [2.24, 2.45) is 10.8 Å². The van der Waals surface area contributed by atoms with E-state index in [0.29, 0.717) is 0 Å². The Morgan fingerprint density at radius 3 is 1.44 bits per heavy atom. The average Bonchev–Trinajstić information content (AvgIpc) is 1.98. The summed E-state index contributed by atoms with van der Waals surface area (Å²) in [6.07, 6.45) is 7.51. The maximum atomic E-state index is 2.48. The molecule has 2 rings (SSSR count). The van der Waals surface area contributed by atoms with Crippen molar-refractivity contribution in [3.8, 4) is 0 Å². The molecule has 0 aromatic carbocycles. The zero-order valence-electron chi connectivity index (χ0n) is 6.54. The molecule has 0 spiro atoms. The minimum atomic E-state index is 0.771. The minimum Gasteiger partial charge on any atom is -0.0591 e. The van der Waals surface area contributed by atoms with Crippen molar-refractivity contribution in [3.05, 3.63) is 0 Å². The first kappa shape index (κ1) is 5.76. The van der Waals surface area contributed by atoms with Crippen LogP contribution in [0, 0.1) is 10.8 Å². The highest BCUT2D eigenvalue weighted by Gasteiger charge is 2.54. The van der Waals surface area contributed by atoms with Crippen molar-refractivity contribution in [2.75, 3.05) is 0 Å². The smallest absolute Gasteiger partial charge is 0.0272 e. The summed E-state index contributed by atoms with van der Waals surface area (Å²) >= 11 is 0.